The maximum atomic E-state index is 13.3. The lowest BCUT2D eigenvalue weighted by atomic mass is 9.94. The smallest absolute Gasteiger partial charge is 0.301 e. The number of nitrogens with zero attached hydrogens (tertiary/aromatic N) is 2. The van der Waals surface area contributed by atoms with Crippen molar-refractivity contribution >= 4 is 23.3 Å². The number of rotatable bonds is 5. The van der Waals surface area contributed by atoms with Crippen molar-refractivity contribution in [1.29, 1.82) is 0 Å². The molecule has 2 unspecified atom stereocenters. The molecule has 0 aliphatic carbocycles. The van der Waals surface area contributed by atoms with Gasteiger partial charge >= 0.3 is 5.91 Å². The van der Waals surface area contributed by atoms with Gasteiger partial charge in [0.15, 0.2) is 0 Å². The van der Waals surface area contributed by atoms with Crippen molar-refractivity contribution in [2.45, 2.75) is 32.4 Å². The standard InChI is InChI=1S/C27H24N2O5/c1-3-33-20-10-7-17(8-11-20)24-23(26(31)27(32)29(24)22-6-4-5-13-28-22)25(30)18-9-12-21-19(15-18)14-16(2)34-21/h4-13,15-16,24,30H,3,14H2,1-2H3/b25-23+. The molecule has 2 atom stereocenters. The van der Waals surface area contributed by atoms with E-state index >= 15 is 0 Å². The van der Waals surface area contributed by atoms with Gasteiger partial charge in [0.05, 0.1) is 18.2 Å². The number of hydrogen-bond donors (Lipinski definition) is 1. The van der Waals surface area contributed by atoms with Crippen LogP contribution in [-0.2, 0) is 16.0 Å². The van der Waals surface area contributed by atoms with E-state index in [1.54, 1.807) is 60.8 Å². The normalized spacial score (nSPS) is 20.8. The maximum Gasteiger partial charge on any atom is 0.301 e. The van der Waals surface area contributed by atoms with Gasteiger partial charge in [0, 0.05) is 18.2 Å². The number of ketones is 1. The van der Waals surface area contributed by atoms with Gasteiger partial charge in [0.1, 0.15) is 29.2 Å². The number of Topliss-reactive ketones (excluding diaryl/α,β-unsaturated/α-hetero) is 1. The number of benzene rings is 2. The molecule has 3 aromatic rings. The van der Waals surface area contributed by atoms with E-state index in [-0.39, 0.29) is 17.4 Å². The van der Waals surface area contributed by atoms with Gasteiger partial charge in [-0.05, 0) is 67.4 Å². The van der Waals surface area contributed by atoms with Crippen molar-refractivity contribution in [3.63, 3.8) is 0 Å². The summed E-state index contributed by atoms with van der Waals surface area (Å²) in [5.41, 5.74) is 2.10. The quantitative estimate of drug-likeness (QED) is 0.347. The van der Waals surface area contributed by atoms with Crippen LogP contribution in [0.1, 0.15) is 36.6 Å². The van der Waals surface area contributed by atoms with E-state index in [0.717, 1.165) is 11.3 Å². The number of amides is 1. The fraction of sp³-hybridized carbons (Fsp3) is 0.222. The van der Waals surface area contributed by atoms with Gasteiger partial charge in [-0.1, -0.05) is 18.2 Å². The third-order valence-electron chi connectivity index (χ3n) is 6.02. The average molecular weight is 456 g/mol. The van der Waals surface area contributed by atoms with Gasteiger partial charge in [0.2, 0.25) is 0 Å². The first-order chi connectivity index (χ1) is 16.5. The minimum absolute atomic E-state index is 0.0201. The molecular weight excluding hydrogens is 432 g/mol. The number of hydrogen-bond acceptors (Lipinski definition) is 6. The number of aliphatic hydroxyl groups is 1. The van der Waals surface area contributed by atoms with E-state index in [4.69, 9.17) is 9.47 Å². The van der Waals surface area contributed by atoms with Crippen molar-refractivity contribution in [3.05, 3.63) is 89.1 Å². The Morgan fingerprint density at radius 3 is 2.65 bits per heavy atom. The minimum Gasteiger partial charge on any atom is -0.507 e. The summed E-state index contributed by atoms with van der Waals surface area (Å²) in [5.74, 6) is 0.0518. The van der Waals surface area contributed by atoms with E-state index in [2.05, 4.69) is 4.98 Å². The van der Waals surface area contributed by atoms with Crippen LogP contribution in [0.3, 0.4) is 0 Å². The zero-order valence-electron chi connectivity index (χ0n) is 18.9. The molecule has 5 rings (SSSR count). The Labute approximate surface area is 197 Å². The van der Waals surface area contributed by atoms with Gasteiger partial charge in [-0.2, -0.15) is 0 Å². The monoisotopic (exact) mass is 456 g/mol. The first-order valence-electron chi connectivity index (χ1n) is 11.2. The Morgan fingerprint density at radius 2 is 1.94 bits per heavy atom. The molecule has 0 radical (unpaired) electrons. The first-order valence-corrected chi connectivity index (χ1v) is 11.2. The zero-order valence-corrected chi connectivity index (χ0v) is 18.9. The van der Waals surface area contributed by atoms with E-state index < -0.39 is 17.7 Å². The first kappa shape index (κ1) is 21.7. The van der Waals surface area contributed by atoms with Crippen molar-refractivity contribution < 1.29 is 24.2 Å². The third-order valence-corrected chi connectivity index (χ3v) is 6.02. The van der Waals surface area contributed by atoms with Crippen LogP contribution >= 0.6 is 0 Å². The Balaban J connectivity index is 1.65. The molecule has 1 amide bonds. The lowest BCUT2D eigenvalue weighted by Gasteiger charge is -2.24. The topological polar surface area (TPSA) is 89.0 Å². The molecule has 2 aliphatic rings. The number of aliphatic hydroxyl groups excluding tert-OH is 1. The van der Waals surface area contributed by atoms with Crippen molar-refractivity contribution in [2.24, 2.45) is 0 Å². The molecule has 2 aromatic carbocycles. The lowest BCUT2D eigenvalue weighted by Crippen LogP contribution is -2.30. The molecule has 1 fully saturated rings. The number of carbonyl (C=O) groups is 2. The van der Waals surface area contributed by atoms with E-state index in [1.165, 1.54) is 4.90 Å². The largest absolute Gasteiger partial charge is 0.507 e. The minimum atomic E-state index is -0.839. The highest BCUT2D eigenvalue weighted by molar-refractivity contribution is 6.51. The Kier molecular flexibility index (Phi) is 5.53. The molecular formula is C27H24N2O5. The second kappa shape index (κ2) is 8.67. The predicted octanol–water partition coefficient (Wildman–Crippen LogP) is 4.43. The highest BCUT2D eigenvalue weighted by atomic mass is 16.5. The molecule has 34 heavy (non-hydrogen) atoms. The van der Waals surface area contributed by atoms with Crippen LogP contribution in [0.5, 0.6) is 11.5 Å². The molecule has 2 aliphatic heterocycles. The van der Waals surface area contributed by atoms with Gasteiger partial charge in [-0.25, -0.2) is 4.98 Å². The number of fused-ring (bicyclic) bond motifs is 1. The summed E-state index contributed by atoms with van der Waals surface area (Å²) >= 11 is 0. The molecule has 7 heteroatoms. The van der Waals surface area contributed by atoms with Gasteiger partial charge in [-0.3, -0.25) is 14.5 Å². The number of pyridine rings is 1. The summed E-state index contributed by atoms with van der Waals surface area (Å²) < 4.78 is 11.3. The van der Waals surface area contributed by atoms with Crippen LogP contribution in [0.25, 0.3) is 5.76 Å². The van der Waals surface area contributed by atoms with Crippen LogP contribution in [0.15, 0.2) is 72.4 Å². The molecule has 1 saturated heterocycles. The van der Waals surface area contributed by atoms with E-state index in [9.17, 15) is 14.7 Å². The fourth-order valence-electron chi connectivity index (χ4n) is 4.52. The van der Waals surface area contributed by atoms with Gasteiger partial charge in [0.25, 0.3) is 5.78 Å². The van der Waals surface area contributed by atoms with Gasteiger partial charge in [-0.15, -0.1) is 0 Å². The molecule has 1 aromatic heterocycles. The number of carbonyl (C=O) groups excluding carboxylic acids is 2. The summed E-state index contributed by atoms with van der Waals surface area (Å²) in [5, 5.41) is 11.3. The molecule has 7 nitrogen and oxygen atoms in total. The summed E-state index contributed by atoms with van der Waals surface area (Å²) in [6, 6.07) is 16.8. The van der Waals surface area contributed by atoms with Crippen molar-refractivity contribution in [3.8, 4) is 11.5 Å². The molecule has 0 spiro atoms. The van der Waals surface area contributed by atoms with Crippen LogP contribution in [0.4, 0.5) is 5.82 Å². The summed E-state index contributed by atoms with van der Waals surface area (Å²) in [6.45, 7) is 4.39. The number of anilines is 1. The molecule has 172 valence electrons. The van der Waals surface area contributed by atoms with E-state index in [1.807, 2.05) is 19.9 Å². The van der Waals surface area contributed by atoms with Crippen LogP contribution in [0.2, 0.25) is 0 Å². The molecule has 3 heterocycles. The Hall–Kier alpha value is -4.13. The molecule has 0 bridgehead atoms. The summed E-state index contributed by atoms with van der Waals surface area (Å²) in [6.07, 6.45) is 2.32. The molecule has 0 saturated carbocycles. The summed E-state index contributed by atoms with van der Waals surface area (Å²) in [4.78, 5) is 32.1. The number of aromatic nitrogens is 1. The van der Waals surface area contributed by atoms with Crippen molar-refractivity contribution in [1.82, 2.24) is 4.98 Å². The lowest BCUT2D eigenvalue weighted by molar-refractivity contribution is -0.132. The summed E-state index contributed by atoms with van der Waals surface area (Å²) in [7, 11) is 0. The van der Waals surface area contributed by atoms with Crippen LogP contribution in [0, 0.1) is 0 Å². The van der Waals surface area contributed by atoms with Crippen LogP contribution < -0.4 is 14.4 Å². The second-order valence-corrected chi connectivity index (χ2v) is 8.31. The third kappa shape index (κ3) is 3.69. The fourth-order valence-corrected chi connectivity index (χ4v) is 4.52. The van der Waals surface area contributed by atoms with Crippen LogP contribution in [-0.4, -0.2) is 34.5 Å². The molecule has 1 N–H and O–H groups in total. The predicted molar refractivity (Wildman–Crippen MR) is 127 cm³/mol. The highest BCUT2D eigenvalue weighted by Gasteiger charge is 2.47. The van der Waals surface area contributed by atoms with Gasteiger partial charge < -0.3 is 14.6 Å². The SMILES string of the molecule is CCOc1ccc(C2/C(=C(\O)c3ccc4c(c3)CC(C)O4)C(=O)C(=O)N2c2ccccn2)cc1. The van der Waals surface area contributed by atoms with E-state index in [0.29, 0.717) is 35.7 Å². The average Bonchev–Trinajstić information content (AvgIpc) is 3.35. The Morgan fingerprint density at radius 1 is 1.15 bits per heavy atom. The van der Waals surface area contributed by atoms with Crippen molar-refractivity contribution in [2.75, 3.05) is 11.5 Å². The number of ether oxygens (including phenoxy) is 2. The highest BCUT2D eigenvalue weighted by Crippen LogP contribution is 2.42. The Bertz CT molecular complexity index is 1280. The maximum absolute atomic E-state index is 13.3. The zero-order chi connectivity index (χ0) is 23.8. The second-order valence-electron chi connectivity index (χ2n) is 8.31.